The normalized spacial score (nSPS) is 17.8. The summed E-state index contributed by atoms with van der Waals surface area (Å²) in [5.74, 6) is -0.142. The molecule has 2 N–H and O–H groups in total. The Kier molecular flexibility index (Phi) is 3.98. The molecule has 0 saturated carbocycles. The summed E-state index contributed by atoms with van der Waals surface area (Å²) in [5.41, 5.74) is 3.47. The van der Waals surface area contributed by atoms with Crippen molar-refractivity contribution < 1.29 is 9.53 Å². The highest BCUT2D eigenvalue weighted by Gasteiger charge is 2.23. The number of benzene rings is 1. The fourth-order valence-corrected chi connectivity index (χ4v) is 2.78. The molecule has 5 heteroatoms. The number of aryl methyl sites for hydroxylation is 2. The van der Waals surface area contributed by atoms with Crippen molar-refractivity contribution in [3.8, 4) is 0 Å². The van der Waals surface area contributed by atoms with Crippen LogP contribution in [0.5, 0.6) is 0 Å². The van der Waals surface area contributed by atoms with E-state index in [1.54, 1.807) is 0 Å². The van der Waals surface area contributed by atoms with Crippen LogP contribution in [0.3, 0.4) is 0 Å². The summed E-state index contributed by atoms with van der Waals surface area (Å²) in [5, 5.41) is 3.76. The number of ether oxygens (including phenoxy) is 1. The fourth-order valence-electron chi connectivity index (χ4n) is 2.78. The van der Waals surface area contributed by atoms with Crippen molar-refractivity contribution in [3.63, 3.8) is 0 Å². The predicted octanol–water partition coefficient (Wildman–Crippen LogP) is 1.94. The van der Waals surface area contributed by atoms with Crippen LogP contribution in [0.25, 0.3) is 10.9 Å². The van der Waals surface area contributed by atoms with Gasteiger partial charge in [-0.3, -0.25) is 9.59 Å². The minimum Gasteiger partial charge on any atom is -0.368 e. The Labute approximate surface area is 128 Å². The first-order valence-electron chi connectivity index (χ1n) is 7.57. The number of hydrogen-bond donors (Lipinski definition) is 2. The van der Waals surface area contributed by atoms with Gasteiger partial charge in [-0.1, -0.05) is 12.1 Å². The third-order valence-electron chi connectivity index (χ3n) is 4.30. The van der Waals surface area contributed by atoms with Crippen LogP contribution in [0.4, 0.5) is 0 Å². The van der Waals surface area contributed by atoms with Gasteiger partial charge >= 0.3 is 0 Å². The molecule has 0 bridgehead atoms. The number of fused-ring (bicyclic) bond motifs is 1. The first kappa shape index (κ1) is 14.8. The van der Waals surface area contributed by atoms with Gasteiger partial charge in [0.25, 0.3) is 5.56 Å². The molecule has 2 heterocycles. The van der Waals surface area contributed by atoms with Gasteiger partial charge in [0.15, 0.2) is 0 Å². The van der Waals surface area contributed by atoms with Crippen molar-refractivity contribution in [2.24, 2.45) is 0 Å². The van der Waals surface area contributed by atoms with Crippen molar-refractivity contribution in [2.45, 2.75) is 39.3 Å². The SMILES string of the molecule is Cc1ccc2cc(CNC(=O)C3CCCO3)c(=O)[nH]c2c1C. The van der Waals surface area contributed by atoms with Gasteiger partial charge in [0.05, 0.1) is 5.52 Å². The Morgan fingerprint density at radius 2 is 2.23 bits per heavy atom. The Balaban J connectivity index is 1.82. The summed E-state index contributed by atoms with van der Waals surface area (Å²) >= 11 is 0. The molecule has 0 aliphatic carbocycles. The number of pyridine rings is 1. The number of nitrogens with one attached hydrogen (secondary N) is 2. The molecule has 0 spiro atoms. The molecular weight excluding hydrogens is 280 g/mol. The molecule has 22 heavy (non-hydrogen) atoms. The number of H-pyrrole nitrogens is 1. The molecule has 5 nitrogen and oxygen atoms in total. The van der Waals surface area contributed by atoms with E-state index in [-0.39, 0.29) is 24.1 Å². The topological polar surface area (TPSA) is 71.2 Å². The number of aromatic nitrogens is 1. The molecule has 1 aromatic carbocycles. The molecule has 1 aliphatic rings. The molecule has 1 aromatic heterocycles. The lowest BCUT2D eigenvalue weighted by molar-refractivity contribution is -0.130. The summed E-state index contributed by atoms with van der Waals surface area (Å²) in [6, 6.07) is 5.86. The number of rotatable bonds is 3. The van der Waals surface area contributed by atoms with Crippen molar-refractivity contribution >= 4 is 16.8 Å². The highest BCUT2D eigenvalue weighted by Crippen LogP contribution is 2.19. The highest BCUT2D eigenvalue weighted by molar-refractivity contribution is 5.83. The molecule has 1 saturated heterocycles. The van der Waals surface area contributed by atoms with E-state index in [2.05, 4.69) is 10.3 Å². The van der Waals surface area contributed by atoms with E-state index in [1.807, 2.05) is 32.0 Å². The molecule has 116 valence electrons. The first-order valence-corrected chi connectivity index (χ1v) is 7.57. The van der Waals surface area contributed by atoms with Crippen molar-refractivity contribution in [1.82, 2.24) is 10.3 Å². The van der Waals surface area contributed by atoms with Crippen LogP contribution >= 0.6 is 0 Å². The Hall–Kier alpha value is -2.14. The quantitative estimate of drug-likeness (QED) is 0.910. The smallest absolute Gasteiger partial charge is 0.253 e. The van der Waals surface area contributed by atoms with E-state index in [0.29, 0.717) is 12.2 Å². The van der Waals surface area contributed by atoms with Crippen LogP contribution in [0.2, 0.25) is 0 Å². The fraction of sp³-hybridized carbons (Fsp3) is 0.412. The number of carbonyl (C=O) groups excluding carboxylic acids is 1. The van der Waals surface area contributed by atoms with Gasteiger partial charge in [-0.15, -0.1) is 0 Å². The summed E-state index contributed by atoms with van der Waals surface area (Å²) in [7, 11) is 0. The second-order valence-electron chi connectivity index (χ2n) is 5.81. The lowest BCUT2D eigenvalue weighted by Gasteiger charge is -2.11. The van der Waals surface area contributed by atoms with Crippen LogP contribution in [-0.4, -0.2) is 23.6 Å². The van der Waals surface area contributed by atoms with E-state index >= 15 is 0 Å². The monoisotopic (exact) mass is 300 g/mol. The predicted molar refractivity (Wildman–Crippen MR) is 84.9 cm³/mol. The van der Waals surface area contributed by atoms with Gasteiger partial charge in [-0.2, -0.15) is 0 Å². The number of aromatic amines is 1. The molecule has 2 aromatic rings. The van der Waals surface area contributed by atoms with Crippen LogP contribution in [0, 0.1) is 13.8 Å². The zero-order chi connectivity index (χ0) is 15.7. The molecule has 0 radical (unpaired) electrons. The molecule has 3 rings (SSSR count). The molecule has 1 amide bonds. The number of hydrogen-bond acceptors (Lipinski definition) is 3. The summed E-state index contributed by atoms with van der Waals surface area (Å²) in [6.07, 6.45) is 1.29. The maximum atomic E-state index is 12.2. The lowest BCUT2D eigenvalue weighted by atomic mass is 10.0. The molecular formula is C17H20N2O3. The maximum Gasteiger partial charge on any atom is 0.253 e. The second-order valence-corrected chi connectivity index (χ2v) is 5.81. The second kappa shape index (κ2) is 5.93. The Bertz CT molecular complexity index is 773. The van der Waals surface area contributed by atoms with Gasteiger partial charge in [0.2, 0.25) is 5.91 Å². The minimum atomic E-state index is -0.371. The van der Waals surface area contributed by atoms with Gasteiger partial charge in [0, 0.05) is 18.7 Å². The van der Waals surface area contributed by atoms with Crippen LogP contribution in [0.1, 0.15) is 29.5 Å². The van der Waals surface area contributed by atoms with E-state index in [4.69, 9.17) is 4.74 Å². The van der Waals surface area contributed by atoms with Crippen molar-refractivity contribution in [1.29, 1.82) is 0 Å². The Morgan fingerprint density at radius 1 is 1.41 bits per heavy atom. The third-order valence-corrected chi connectivity index (χ3v) is 4.30. The van der Waals surface area contributed by atoms with Gasteiger partial charge in [-0.05, 0) is 49.3 Å². The van der Waals surface area contributed by atoms with E-state index < -0.39 is 0 Å². The van der Waals surface area contributed by atoms with E-state index in [1.165, 1.54) is 0 Å². The summed E-state index contributed by atoms with van der Waals surface area (Å²) in [4.78, 5) is 27.1. The number of amides is 1. The average molecular weight is 300 g/mol. The van der Waals surface area contributed by atoms with Crippen LogP contribution in [-0.2, 0) is 16.1 Å². The van der Waals surface area contributed by atoms with Gasteiger partial charge in [0.1, 0.15) is 6.10 Å². The zero-order valence-corrected chi connectivity index (χ0v) is 12.9. The van der Waals surface area contributed by atoms with Gasteiger partial charge < -0.3 is 15.0 Å². The zero-order valence-electron chi connectivity index (χ0n) is 12.9. The Morgan fingerprint density at radius 3 is 2.95 bits per heavy atom. The van der Waals surface area contributed by atoms with E-state index in [0.717, 1.165) is 34.9 Å². The van der Waals surface area contributed by atoms with Crippen molar-refractivity contribution in [3.05, 3.63) is 45.2 Å². The third kappa shape index (κ3) is 2.76. The van der Waals surface area contributed by atoms with Crippen LogP contribution in [0.15, 0.2) is 23.0 Å². The molecule has 1 atom stereocenters. The van der Waals surface area contributed by atoms with Gasteiger partial charge in [-0.25, -0.2) is 0 Å². The first-order chi connectivity index (χ1) is 10.6. The minimum absolute atomic E-state index is 0.142. The average Bonchev–Trinajstić information content (AvgIpc) is 3.04. The summed E-state index contributed by atoms with van der Waals surface area (Å²) < 4.78 is 5.33. The summed E-state index contributed by atoms with van der Waals surface area (Å²) in [6.45, 7) is 4.86. The van der Waals surface area contributed by atoms with Crippen molar-refractivity contribution in [2.75, 3.05) is 6.61 Å². The largest absolute Gasteiger partial charge is 0.368 e. The highest BCUT2D eigenvalue weighted by atomic mass is 16.5. The molecule has 1 unspecified atom stereocenters. The van der Waals surface area contributed by atoms with Crippen LogP contribution < -0.4 is 10.9 Å². The van der Waals surface area contributed by atoms with E-state index in [9.17, 15) is 9.59 Å². The molecule has 1 aliphatic heterocycles. The molecule has 1 fully saturated rings. The standard InChI is InChI=1S/C17H20N2O3/c1-10-5-6-12-8-13(16(20)19-15(12)11(10)2)9-18-17(21)14-4-3-7-22-14/h5-6,8,14H,3-4,7,9H2,1-2H3,(H,18,21)(H,19,20). The number of carbonyl (C=O) groups is 1. The maximum absolute atomic E-state index is 12.2. The lowest BCUT2D eigenvalue weighted by Crippen LogP contribution is -2.35.